The molecule has 5 heteroatoms. The number of carbonyl (C=O) groups is 1. The normalized spacial score (nSPS) is 19.3. The van der Waals surface area contributed by atoms with Crippen molar-refractivity contribution in [1.82, 2.24) is 10.3 Å². The molecule has 1 aromatic heterocycles. The Balaban J connectivity index is 1.96. The predicted octanol–water partition coefficient (Wildman–Crippen LogP) is 0.748. The van der Waals surface area contributed by atoms with Gasteiger partial charge in [-0.15, -0.1) is 0 Å². The highest BCUT2D eigenvalue weighted by atomic mass is 16.5. The third-order valence-corrected chi connectivity index (χ3v) is 2.28. The molecule has 0 radical (unpaired) electrons. The Morgan fingerprint density at radius 2 is 2.44 bits per heavy atom. The van der Waals surface area contributed by atoms with E-state index >= 15 is 0 Å². The van der Waals surface area contributed by atoms with Gasteiger partial charge >= 0.3 is 0 Å². The minimum absolute atomic E-state index is 0.0612. The SMILES string of the molecule is CCOc1ccc(O[C@@H]2CCNC2=O)cn1. The fourth-order valence-electron chi connectivity index (χ4n) is 1.52. The van der Waals surface area contributed by atoms with Crippen molar-refractivity contribution in [1.29, 1.82) is 0 Å². The third kappa shape index (κ3) is 2.42. The number of amides is 1. The summed E-state index contributed by atoms with van der Waals surface area (Å²) in [4.78, 5) is 15.3. The molecule has 0 saturated carbocycles. The number of nitrogens with zero attached hydrogens (tertiary/aromatic N) is 1. The Hall–Kier alpha value is -1.78. The topological polar surface area (TPSA) is 60.5 Å². The molecule has 0 aromatic carbocycles. The molecule has 1 amide bonds. The quantitative estimate of drug-likeness (QED) is 0.816. The van der Waals surface area contributed by atoms with Gasteiger partial charge in [0, 0.05) is 19.0 Å². The van der Waals surface area contributed by atoms with Crippen molar-refractivity contribution >= 4 is 5.91 Å². The fraction of sp³-hybridized carbons (Fsp3) is 0.455. The zero-order chi connectivity index (χ0) is 11.4. The van der Waals surface area contributed by atoms with Crippen molar-refractivity contribution in [2.45, 2.75) is 19.4 Å². The van der Waals surface area contributed by atoms with E-state index in [0.717, 1.165) is 0 Å². The van der Waals surface area contributed by atoms with Gasteiger partial charge in [0.25, 0.3) is 5.91 Å². The number of rotatable bonds is 4. The number of hydrogen-bond donors (Lipinski definition) is 1. The Morgan fingerprint density at radius 3 is 3.00 bits per heavy atom. The maximum Gasteiger partial charge on any atom is 0.261 e. The summed E-state index contributed by atoms with van der Waals surface area (Å²) in [6, 6.07) is 3.48. The first-order valence-corrected chi connectivity index (χ1v) is 5.33. The van der Waals surface area contributed by atoms with Gasteiger partial charge in [0.1, 0.15) is 5.75 Å². The van der Waals surface area contributed by atoms with Crippen LogP contribution >= 0.6 is 0 Å². The maximum absolute atomic E-state index is 11.3. The lowest BCUT2D eigenvalue weighted by Crippen LogP contribution is -2.27. The Kier molecular flexibility index (Phi) is 3.24. The van der Waals surface area contributed by atoms with Crippen LogP contribution < -0.4 is 14.8 Å². The molecule has 1 aliphatic rings. The average molecular weight is 222 g/mol. The van der Waals surface area contributed by atoms with Crippen LogP contribution in [0.4, 0.5) is 0 Å². The van der Waals surface area contributed by atoms with Gasteiger partial charge in [-0.25, -0.2) is 4.98 Å². The second-order valence-corrected chi connectivity index (χ2v) is 3.45. The smallest absolute Gasteiger partial charge is 0.261 e. The second kappa shape index (κ2) is 4.83. The van der Waals surface area contributed by atoms with Gasteiger partial charge in [-0.3, -0.25) is 4.79 Å². The van der Waals surface area contributed by atoms with E-state index in [0.29, 0.717) is 31.2 Å². The lowest BCUT2D eigenvalue weighted by Gasteiger charge is -2.10. The second-order valence-electron chi connectivity index (χ2n) is 3.45. The van der Waals surface area contributed by atoms with Crippen molar-refractivity contribution in [2.24, 2.45) is 0 Å². The molecule has 1 N–H and O–H groups in total. The molecule has 1 fully saturated rings. The molecule has 1 aliphatic heterocycles. The number of aromatic nitrogens is 1. The summed E-state index contributed by atoms with van der Waals surface area (Å²) in [7, 11) is 0. The summed E-state index contributed by atoms with van der Waals surface area (Å²) in [6.07, 6.45) is 1.88. The van der Waals surface area contributed by atoms with Crippen molar-refractivity contribution in [3.8, 4) is 11.6 Å². The van der Waals surface area contributed by atoms with Crippen LogP contribution in [0.3, 0.4) is 0 Å². The highest BCUT2D eigenvalue weighted by molar-refractivity contribution is 5.83. The van der Waals surface area contributed by atoms with Gasteiger partial charge in [-0.2, -0.15) is 0 Å². The van der Waals surface area contributed by atoms with Gasteiger partial charge in [-0.1, -0.05) is 0 Å². The standard InChI is InChI=1S/C11H14N2O3/c1-2-15-10-4-3-8(7-13-10)16-9-5-6-12-11(9)14/h3-4,7,9H,2,5-6H2,1H3,(H,12,14)/t9-/m1/s1. The van der Waals surface area contributed by atoms with Crippen LogP contribution in [-0.4, -0.2) is 30.1 Å². The van der Waals surface area contributed by atoms with Gasteiger partial charge in [0.05, 0.1) is 12.8 Å². The van der Waals surface area contributed by atoms with Crippen molar-refractivity contribution in [2.75, 3.05) is 13.2 Å². The summed E-state index contributed by atoms with van der Waals surface area (Å²) >= 11 is 0. The number of carbonyl (C=O) groups excluding carboxylic acids is 1. The average Bonchev–Trinajstić information content (AvgIpc) is 2.68. The fourth-order valence-corrected chi connectivity index (χ4v) is 1.52. The van der Waals surface area contributed by atoms with E-state index in [4.69, 9.17) is 9.47 Å². The molecular formula is C11H14N2O3. The minimum atomic E-state index is -0.389. The summed E-state index contributed by atoms with van der Waals surface area (Å²) in [5.41, 5.74) is 0. The number of nitrogens with one attached hydrogen (secondary N) is 1. The number of hydrogen-bond acceptors (Lipinski definition) is 4. The summed E-state index contributed by atoms with van der Waals surface area (Å²) < 4.78 is 10.7. The Morgan fingerprint density at radius 1 is 1.56 bits per heavy atom. The summed E-state index contributed by atoms with van der Waals surface area (Å²) in [5, 5.41) is 2.71. The first-order valence-electron chi connectivity index (χ1n) is 5.33. The summed E-state index contributed by atoms with van der Waals surface area (Å²) in [5.74, 6) is 1.09. The van der Waals surface area contributed by atoms with Crippen LogP contribution in [-0.2, 0) is 4.79 Å². The molecule has 0 aliphatic carbocycles. The molecule has 16 heavy (non-hydrogen) atoms. The predicted molar refractivity (Wildman–Crippen MR) is 57.4 cm³/mol. The van der Waals surface area contributed by atoms with E-state index in [1.54, 1.807) is 18.3 Å². The van der Waals surface area contributed by atoms with Crippen molar-refractivity contribution in [3.63, 3.8) is 0 Å². The van der Waals surface area contributed by atoms with Crippen molar-refractivity contribution in [3.05, 3.63) is 18.3 Å². The zero-order valence-electron chi connectivity index (χ0n) is 9.10. The van der Waals surface area contributed by atoms with Crippen LogP contribution in [0, 0.1) is 0 Å². The van der Waals surface area contributed by atoms with Gasteiger partial charge in [0.15, 0.2) is 6.10 Å². The number of ether oxygens (including phenoxy) is 2. The van der Waals surface area contributed by atoms with E-state index < -0.39 is 0 Å². The third-order valence-electron chi connectivity index (χ3n) is 2.28. The first-order chi connectivity index (χ1) is 7.79. The van der Waals surface area contributed by atoms with Crippen LogP contribution in [0.25, 0.3) is 0 Å². The largest absolute Gasteiger partial charge is 0.479 e. The molecule has 1 aromatic rings. The first kappa shape index (κ1) is 10.7. The molecule has 2 rings (SSSR count). The Labute approximate surface area is 93.8 Å². The molecular weight excluding hydrogens is 208 g/mol. The van der Waals surface area contributed by atoms with Gasteiger partial charge in [0.2, 0.25) is 5.88 Å². The lowest BCUT2D eigenvalue weighted by atomic mass is 10.3. The van der Waals surface area contributed by atoms with Gasteiger partial charge in [-0.05, 0) is 13.0 Å². The molecule has 5 nitrogen and oxygen atoms in total. The molecule has 1 atom stereocenters. The monoisotopic (exact) mass is 222 g/mol. The molecule has 0 spiro atoms. The minimum Gasteiger partial charge on any atom is -0.479 e. The van der Waals surface area contributed by atoms with Crippen LogP contribution in [0.5, 0.6) is 11.6 Å². The van der Waals surface area contributed by atoms with Crippen LogP contribution in [0.2, 0.25) is 0 Å². The molecule has 0 unspecified atom stereocenters. The highest BCUT2D eigenvalue weighted by Crippen LogP contribution is 2.17. The van der Waals surface area contributed by atoms with Crippen molar-refractivity contribution < 1.29 is 14.3 Å². The molecule has 1 saturated heterocycles. The lowest BCUT2D eigenvalue weighted by molar-refractivity contribution is -0.124. The Bertz CT molecular complexity index is 364. The van der Waals surface area contributed by atoms with Crippen LogP contribution in [0.15, 0.2) is 18.3 Å². The van der Waals surface area contributed by atoms with E-state index in [-0.39, 0.29) is 12.0 Å². The van der Waals surface area contributed by atoms with E-state index in [1.807, 2.05) is 6.92 Å². The highest BCUT2D eigenvalue weighted by Gasteiger charge is 2.25. The molecule has 0 bridgehead atoms. The zero-order valence-corrected chi connectivity index (χ0v) is 9.10. The molecule has 86 valence electrons. The van der Waals surface area contributed by atoms with Gasteiger partial charge < -0.3 is 14.8 Å². The summed E-state index contributed by atoms with van der Waals surface area (Å²) in [6.45, 7) is 3.15. The van der Waals surface area contributed by atoms with Crippen LogP contribution in [0.1, 0.15) is 13.3 Å². The maximum atomic E-state index is 11.3. The van der Waals surface area contributed by atoms with E-state index in [2.05, 4.69) is 10.3 Å². The number of pyridine rings is 1. The van der Waals surface area contributed by atoms with E-state index in [9.17, 15) is 4.79 Å². The molecule has 2 heterocycles. The van der Waals surface area contributed by atoms with E-state index in [1.165, 1.54) is 0 Å².